The van der Waals surface area contributed by atoms with Crippen LogP contribution in [-0.2, 0) is 4.74 Å². The lowest BCUT2D eigenvalue weighted by molar-refractivity contribution is 0.0182. The Hall–Kier alpha value is -3.31. The molecule has 0 spiro atoms. The topological polar surface area (TPSA) is 56.8 Å². The second kappa shape index (κ2) is 9.67. The third kappa shape index (κ3) is 4.72. The van der Waals surface area contributed by atoms with Crippen LogP contribution in [0.2, 0.25) is 0 Å². The third-order valence-corrected chi connectivity index (χ3v) is 5.75. The van der Waals surface area contributed by atoms with Crippen molar-refractivity contribution in [2.24, 2.45) is 0 Å². The Morgan fingerprint density at radius 3 is 2.29 bits per heavy atom. The second-order valence-electron chi connectivity index (χ2n) is 7.60. The molecule has 0 bridgehead atoms. The molecule has 160 valence electrons. The first-order valence-corrected chi connectivity index (χ1v) is 10.5. The predicted molar refractivity (Wildman–Crippen MR) is 121 cm³/mol. The molecule has 1 fully saturated rings. The van der Waals surface area contributed by atoms with Crippen molar-refractivity contribution in [2.75, 3.05) is 27.3 Å². The lowest BCUT2D eigenvalue weighted by Gasteiger charge is -2.32. The molecule has 0 radical (unpaired) electrons. The van der Waals surface area contributed by atoms with E-state index in [0.29, 0.717) is 23.6 Å². The molecule has 1 aliphatic rings. The standard InChI is InChI=1S/C26H27NO4/c1-29-23-13-12-21(16-24(23)30-2)18-8-10-20(11-9-18)26(28)31-25-17-27-15-14-22(25)19-6-4-3-5-7-19/h3-13,16,22,25,27H,14-15,17H2,1-2H3/t22-,25+/m0/s1. The van der Waals surface area contributed by atoms with E-state index in [-0.39, 0.29) is 18.0 Å². The highest BCUT2D eigenvalue weighted by molar-refractivity contribution is 5.90. The molecule has 3 aromatic rings. The van der Waals surface area contributed by atoms with Gasteiger partial charge in [-0.1, -0.05) is 48.5 Å². The lowest BCUT2D eigenvalue weighted by Crippen LogP contribution is -2.42. The number of methoxy groups -OCH3 is 2. The molecule has 4 rings (SSSR count). The quantitative estimate of drug-likeness (QED) is 0.591. The van der Waals surface area contributed by atoms with Crippen molar-refractivity contribution in [3.63, 3.8) is 0 Å². The molecular weight excluding hydrogens is 390 g/mol. The molecule has 1 aliphatic heterocycles. The average Bonchev–Trinajstić information content (AvgIpc) is 2.84. The van der Waals surface area contributed by atoms with Crippen LogP contribution in [0, 0.1) is 0 Å². The van der Waals surface area contributed by atoms with Gasteiger partial charge in [-0.2, -0.15) is 0 Å². The van der Waals surface area contributed by atoms with Gasteiger partial charge in [0.1, 0.15) is 6.10 Å². The summed E-state index contributed by atoms with van der Waals surface area (Å²) in [7, 11) is 3.23. The molecule has 0 saturated carbocycles. The van der Waals surface area contributed by atoms with Crippen molar-refractivity contribution in [1.29, 1.82) is 0 Å². The SMILES string of the molecule is COc1ccc(-c2ccc(C(=O)O[C@@H]3CNCC[C@H]3c3ccccc3)cc2)cc1OC. The molecular formula is C26H27NO4. The molecule has 31 heavy (non-hydrogen) atoms. The van der Waals surface area contributed by atoms with Crippen LogP contribution in [0.4, 0.5) is 0 Å². The van der Waals surface area contributed by atoms with Crippen LogP contribution in [0.5, 0.6) is 11.5 Å². The van der Waals surface area contributed by atoms with Gasteiger partial charge in [-0.3, -0.25) is 0 Å². The maximum absolute atomic E-state index is 12.8. The van der Waals surface area contributed by atoms with Gasteiger partial charge in [0.2, 0.25) is 0 Å². The van der Waals surface area contributed by atoms with Gasteiger partial charge in [-0.15, -0.1) is 0 Å². The molecule has 1 N–H and O–H groups in total. The number of hydrogen-bond donors (Lipinski definition) is 1. The van der Waals surface area contributed by atoms with Crippen molar-refractivity contribution in [2.45, 2.75) is 18.4 Å². The van der Waals surface area contributed by atoms with Crippen LogP contribution < -0.4 is 14.8 Å². The van der Waals surface area contributed by atoms with E-state index in [1.54, 1.807) is 14.2 Å². The minimum Gasteiger partial charge on any atom is -0.493 e. The Bertz CT molecular complexity index is 1020. The summed E-state index contributed by atoms with van der Waals surface area (Å²) in [6, 6.07) is 23.5. The van der Waals surface area contributed by atoms with Gasteiger partial charge in [-0.25, -0.2) is 4.79 Å². The van der Waals surface area contributed by atoms with Crippen LogP contribution in [-0.4, -0.2) is 39.4 Å². The number of esters is 1. The van der Waals surface area contributed by atoms with Gasteiger partial charge in [0.25, 0.3) is 0 Å². The number of benzene rings is 3. The summed E-state index contributed by atoms with van der Waals surface area (Å²) in [6.07, 6.45) is 0.759. The minimum atomic E-state index is -0.298. The first-order valence-electron chi connectivity index (χ1n) is 10.5. The summed E-state index contributed by atoms with van der Waals surface area (Å²) in [5.74, 6) is 1.26. The van der Waals surface area contributed by atoms with E-state index in [2.05, 4.69) is 17.4 Å². The Labute approximate surface area is 183 Å². The highest BCUT2D eigenvalue weighted by Crippen LogP contribution is 2.33. The summed E-state index contributed by atoms with van der Waals surface area (Å²) in [4.78, 5) is 12.8. The van der Waals surface area contributed by atoms with E-state index >= 15 is 0 Å². The zero-order chi connectivity index (χ0) is 21.6. The highest BCUT2D eigenvalue weighted by atomic mass is 16.5. The molecule has 5 nitrogen and oxygen atoms in total. The van der Waals surface area contributed by atoms with E-state index in [0.717, 1.165) is 24.1 Å². The summed E-state index contributed by atoms with van der Waals surface area (Å²) in [6.45, 7) is 1.59. The highest BCUT2D eigenvalue weighted by Gasteiger charge is 2.29. The first-order chi connectivity index (χ1) is 15.2. The number of piperidine rings is 1. The fraction of sp³-hybridized carbons (Fsp3) is 0.269. The fourth-order valence-electron chi connectivity index (χ4n) is 4.06. The lowest BCUT2D eigenvalue weighted by atomic mass is 9.88. The van der Waals surface area contributed by atoms with Crippen LogP contribution >= 0.6 is 0 Å². The Morgan fingerprint density at radius 2 is 1.58 bits per heavy atom. The first kappa shape index (κ1) is 20.9. The van der Waals surface area contributed by atoms with E-state index < -0.39 is 0 Å². The van der Waals surface area contributed by atoms with Gasteiger partial charge in [0, 0.05) is 12.5 Å². The van der Waals surface area contributed by atoms with Crippen molar-refractivity contribution < 1.29 is 19.0 Å². The Morgan fingerprint density at radius 1 is 0.871 bits per heavy atom. The van der Waals surface area contributed by atoms with Crippen molar-refractivity contribution >= 4 is 5.97 Å². The average molecular weight is 418 g/mol. The predicted octanol–water partition coefficient (Wildman–Crippen LogP) is 4.67. The van der Waals surface area contributed by atoms with Crippen LogP contribution in [0.3, 0.4) is 0 Å². The second-order valence-corrected chi connectivity index (χ2v) is 7.60. The molecule has 0 amide bonds. The van der Waals surface area contributed by atoms with Gasteiger partial charge < -0.3 is 19.5 Å². The van der Waals surface area contributed by atoms with E-state index in [9.17, 15) is 4.79 Å². The summed E-state index contributed by atoms with van der Waals surface area (Å²) < 4.78 is 16.6. The fourth-order valence-corrected chi connectivity index (χ4v) is 4.06. The van der Waals surface area contributed by atoms with Crippen molar-refractivity contribution in [3.05, 3.63) is 83.9 Å². The van der Waals surface area contributed by atoms with Crippen molar-refractivity contribution in [3.8, 4) is 22.6 Å². The monoisotopic (exact) mass is 417 g/mol. The zero-order valence-corrected chi connectivity index (χ0v) is 17.8. The molecule has 2 atom stereocenters. The molecule has 1 saturated heterocycles. The van der Waals surface area contributed by atoms with Crippen LogP contribution in [0.1, 0.15) is 28.3 Å². The van der Waals surface area contributed by atoms with E-state index in [1.165, 1.54) is 5.56 Å². The number of nitrogens with one attached hydrogen (secondary N) is 1. The molecule has 1 heterocycles. The molecule has 0 aromatic heterocycles. The maximum atomic E-state index is 12.8. The number of ether oxygens (including phenoxy) is 3. The largest absolute Gasteiger partial charge is 0.493 e. The minimum absolute atomic E-state index is 0.186. The van der Waals surface area contributed by atoms with Gasteiger partial charge in [-0.05, 0) is 53.9 Å². The van der Waals surface area contributed by atoms with E-state index in [4.69, 9.17) is 14.2 Å². The number of carbonyl (C=O) groups excluding carboxylic acids is 1. The normalized spacial score (nSPS) is 18.3. The van der Waals surface area contributed by atoms with E-state index in [1.807, 2.05) is 60.7 Å². The summed E-state index contributed by atoms with van der Waals surface area (Å²) >= 11 is 0. The van der Waals surface area contributed by atoms with Crippen molar-refractivity contribution in [1.82, 2.24) is 5.32 Å². The Kier molecular flexibility index (Phi) is 6.53. The number of carbonyl (C=O) groups is 1. The third-order valence-electron chi connectivity index (χ3n) is 5.75. The number of rotatable bonds is 6. The number of hydrogen-bond acceptors (Lipinski definition) is 5. The van der Waals surface area contributed by atoms with Gasteiger partial charge in [0.15, 0.2) is 11.5 Å². The molecule has 3 aromatic carbocycles. The van der Waals surface area contributed by atoms with Crippen LogP contribution in [0.25, 0.3) is 11.1 Å². The molecule has 5 heteroatoms. The maximum Gasteiger partial charge on any atom is 0.338 e. The van der Waals surface area contributed by atoms with Gasteiger partial charge in [0.05, 0.1) is 19.8 Å². The van der Waals surface area contributed by atoms with Gasteiger partial charge >= 0.3 is 5.97 Å². The molecule has 0 unspecified atom stereocenters. The summed E-state index contributed by atoms with van der Waals surface area (Å²) in [5, 5.41) is 3.34. The van der Waals surface area contributed by atoms with Crippen LogP contribution in [0.15, 0.2) is 72.8 Å². The Balaban J connectivity index is 1.48. The zero-order valence-electron chi connectivity index (χ0n) is 17.8. The summed E-state index contributed by atoms with van der Waals surface area (Å²) in [5.41, 5.74) is 3.73. The molecule has 0 aliphatic carbocycles. The smallest absolute Gasteiger partial charge is 0.338 e.